The summed E-state index contributed by atoms with van der Waals surface area (Å²) in [6.07, 6.45) is -0.237. The zero-order valence-electron chi connectivity index (χ0n) is 12.3. The standard InChI is InChI=1S/C16H18FNO3/c1-16(2,3)9-18-11(8-15(20)21)7-14(19)12-6-10(17)4-5-13(12)18/h4-7H,8-9H2,1-3H3,(H,20,21). The van der Waals surface area contributed by atoms with Crippen LogP contribution in [0, 0.1) is 11.2 Å². The smallest absolute Gasteiger partial charge is 0.309 e. The van der Waals surface area contributed by atoms with Crippen LogP contribution in [-0.2, 0) is 17.8 Å². The summed E-state index contributed by atoms with van der Waals surface area (Å²) in [5.41, 5.74) is 0.534. The summed E-state index contributed by atoms with van der Waals surface area (Å²) >= 11 is 0. The van der Waals surface area contributed by atoms with Gasteiger partial charge in [0.05, 0.1) is 11.9 Å². The van der Waals surface area contributed by atoms with Crippen molar-refractivity contribution >= 4 is 16.9 Å². The van der Waals surface area contributed by atoms with Crippen molar-refractivity contribution in [1.82, 2.24) is 4.57 Å². The number of carbonyl (C=O) groups is 1. The summed E-state index contributed by atoms with van der Waals surface area (Å²) < 4.78 is 15.2. The lowest BCUT2D eigenvalue weighted by Crippen LogP contribution is -2.23. The van der Waals surface area contributed by atoms with Crippen molar-refractivity contribution in [2.45, 2.75) is 33.7 Å². The molecule has 0 aliphatic carbocycles. The zero-order valence-corrected chi connectivity index (χ0v) is 12.3. The highest BCUT2D eigenvalue weighted by Gasteiger charge is 2.18. The summed E-state index contributed by atoms with van der Waals surface area (Å²) in [6, 6.07) is 5.30. The van der Waals surface area contributed by atoms with Gasteiger partial charge >= 0.3 is 5.97 Å². The number of hydrogen-bond acceptors (Lipinski definition) is 2. The number of benzene rings is 1. The molecule has 2 aromatic rings. The topological polar surface area (TPSA) is 59.3 Å². The molecule has 1 aromatic carbocycles. The van der Waals surface area contributed by atoms with Gasteiger partial charge in [-0.25, -0.2) is 4.39 Å². The minimum Gasteiger partial charge on any atom is -0.481 e. The third kappa shape index (κ3) is 3.48. The molecule has 0 saturated heterocycles. The minimum absolute atomic E-state index is 0.108. The second kappa shape index (κ2) is 5.31. The van der Waals surface area contributed by atoms with Crippen LogP contribution in [0.25, 0.3) is 10.9 Å². The van der Waals surface area contributed by atoms with Gasteiger partial charge in [-0.05, 0) is 23.6 Å². The second-order valence-electron chi connectivity index (χ2n) is 6.38. The largest absolute Gasteiger partial charge is 0.481 e. The van der Waals surface area contributed by atoms with Crippen LogP contribution in [0.3, 0.4) is 0 Å². The van der Waals surface area contributed by atoms with E-state index in [9.17, 15) is 14.0 Å². The van der Waals surface area contributed by atoms with Gasteiger partial charge in [0, 0.05) is 23.7 Å². The Morgan fingerprint density at radius 2 is 1.95 bits per heavy atom. The van der Waals surface area contributed by atoms with E-state index in [0.717, 1.165) is 0 Å². The second-order valence-corrected chi connectivity index (χ2v) is 6.38. The van der Waals surface area contributed by atoms with Crippen molar-refractivity contribution in [3.63, 3.8) is 0 Å². The van der Waals surface area contributed by atoms with Gasteiger partial charge in [-0.2, -0.15) is 0 Å². The fourth-order valence-electron chi connectivity index (χ4n) is 2.37. The Bertz CT molecular complexity index is 756. The molecule has 0 saturated carbocycles. The van der Waals surface area contributed by atoms with E-state index in [2.05, 4.69) is 0 Å². The van der Waals surface area contributed by atoms with Gasteiger partial charge in [0.1, 0.15) is 5.82 Å². The molecule has 1 N–H and O–H groups in total. The number of aliphatic carboxylic acids is 1. The Labute approximate surface area is 121 Å². The van der Waals surface area contributed by atoms with Crippen LogP contribution in [0.2, 0.25) is 0 Å². The number of halogens is 1. The first-order chi connectivity index (χ1) is 9.67. The van der Waals surface area contributed by atoms with E-state index in [1.54, 1.807) is 4.57 Å². The van der Waals surface area contributed by atoms with Gasteiger partial charge in [-0.1, -0.05) is 20.8 Å². The molecule has 0 radical (unpaired) electrons. The lowest BCUT2D eigenvalue weighted by atomic mass is 9.96. The number of carboxylic acid groups (broad SMARTS) is 1. The number of fused-ring (bicyclic) bond motifs is 1. The molecule has 2 rings (SSSR count). The summed E-state index contributed by atoms with van der Waals surface area (Å²) in [6.45, 7) is 6.60. The summed E-state index contributed by atoms with van der Waals surface area (Å²) in [5.74, 6) is -1.48. The lowest BCUT2D eigenvalue weighted by molar-refractivity contribution is -0.136. The van der Waals surface area contributed by atoms with Gasteiger partial charge in [0.15, 0.2) is 5.43 Å². The molecule has 0 atom stereocenters. The van der Waals surface area contributed by atoms with Crippen LogP contribution >= 0.6 is 0 Å². The van der Waals surface area contributed by atoms with Crippen LogP contribution in [-0.4, -0.2) is 15.6 Å². The van der Waals surface area contributed by atoms with Crippen molar-refractivity contribution < 1.29 is 14.3 Å². The summed E-state index contributed by atoms with van der Waals surface area (Å²) in [4.78, 5) is 23.1. The third-order valence-electron chi connectivity index (χ3n) is 3.12. The maximum Gasteiger partial charge on any atom is 0.309 e. The highest BCUT2D eigenvalue weighted by Crippen LogP contribution is 2.22. The third-order valence-corrected chi connectivity index (χ3v) is 3.12. The van der Waals surface area contributed by atoms with Crippen LogP contribution < -0.4 is 5.43 Å². The zero-order chi connectivity index (χ0) is 15.8. The Morgan fingerprint density at radius 1 is 1.29 bits per heavy atom. The van der Waals surface area contributed by atoms with Gasteiger partial charge in [0.25, 0.3) is 0 Å². The number of nitrogens with zero attached hydrogens (tertiary/aromatic N) is 1. The molecule has 0 fully saturated rings. The highest BCUT2D eigenvalue weighted by molar-refractivity contribution is 5.80. The maximum atomic E-state index is 13.4. The molecule has 21 heavy (non-hydrogen) atoms. The molecule has 5 heteroatoms. The quantitative estimate of drug-likeness (QED) is 0.946. The highest BCUT2D eigenvalue weighted by atomic mass is 19.1. The minimum atomic E-state index is -1.00. The van der Waals surface area contributed by atoms with Gasteiger partial charge < -0.3 is 9.67 Å². The summed E-state index contributed by atoms with van der Waals surface area (Å²) in [5, 5.41) is 9.29. The van der Waals surface area contributed by atoms with E-state index in [4.69, 9.17) is 5.11 Å². The Morgan fingerprint density at radius 3 is 2.52 bits per heavy atom. The van der Waals surface area contributed by atoms with E-state index in [1.165, 1.54) is 24.3 Å². The first kappa shape index (κ1) is 15.2. The van der Waals surface area contributed by atoms with E-state index < -0.39 is 11.8 Å². The monoisotopic (exact) mass is 291 g/mol. The van der Waals surface area contributed by atoms with Crippen LogP contribution in [0.1, 0.15) is 26.5 Å². The average molecular weight is 291 g/mol. The number of aromatic nitrogens is 1. The molecule has 0 bridgehead atoms. The molecule has 0 aliphatic heterocycles. The molecular formula is C16H18FNO3. The number of rotatable bonds is 3. The first-order valence-corrected chi connectivity index (χ1v) is 6.71. The molecule has 1 aromatic heterocycles. The average Bonchev–Trinajstić information content (AvgIpc) is 2.32. The normalized spacial score (nSPS) is 11.8. The molecular weight excluding hydrogens is 273 g/mol. The molecule has 0 spiro atoms. The number of hydrogen-bond donors (Lipinski definition) is 1. The Hall–Kier alpha value is -2.17. The molecule has 1 heterocycles. The predicted octanol–water partition coefficient (Wildman–Crippen LogP) is 2.81. The molecule has 4 nitrogen and oxygen atoms in total. The fourth-order valence-corrected chi connectivity index (χ4v) is 2.37. The van der Waals surface area contributed by atoms with Crippen molar-refractivity contribution in [1.29, 1.82) is 0 Å². The first-order valence-electron chi connectivity index (χ1n) is 6.71. The van der Waals surface area contributed by atoms with E-state index in [-0.39, 0.29) is 22.7 Å². The van der Waals surface area contributed by atoms with E-state index in [0.29, 0.717) is 17.8 Å². The summed E-state index contributed by atoms with van der Waals surface area (Å²) in [7, 11) is 0. The van der Waals surface area contributed by atoms with Gasteiger partial charge in [-0.3, -0.25) is 9.59 Å². The predicted molar refractivity (Wildman–Crippen MR) is 79.0 cm³/mol. The SMILES string of the molecule is CC(C)(C)Cn1c(CC(=O)O)cc(=O)c2cc(F)ccc21. The maximum absolute atomic E-state index is 13.4. The van der Waals surface area contributed by atoms with Crippen molar-refractivity contribution in [3.8, 4) is 0 Å². The number of carboxylic acids is 1. The Balaban J connectivity index is 2.77. The Kier molecular flexibility index (Phi) is 3.85. The van der Waals surface area contributed by atoms with Gasteiger partial charge in [-0.15, -0.1) is 0 Å². The molecule has 0 unspecified atom stereocenters. The van der Waals surface area contributed by atoms with Crippen LogP contribution in [0.4, 0.5) is 4.39 Å². The van der Waals surface area contributed by atoms with Crippen LogP contribution in [0.5, 0.6) is 0 Å². The van der Waals surface area contributed by atoms with Crippen molar-refractivity contribution in [3.05, 3.63) is 46.0 Å². The van der Waals surface area contributed by atoms with Gasteiger partial charge in [0.2, 0.25) is 0 Å². The van der Waals surface area contributed by atoms with Crippen molar-refractivity contribution in [2.24, 2.45) is 5.41 Å². The molecule has 0 aliphatic rings. The van der Waals surface area contributed by atoms with Crippen molar-refractivity contribution in [2.75, 3.05) is 0 Å². The lowest BCUT2D eigenvalue weighted by Gasteiger charge is -2.24. The number of pyridine rings is 1. The van der Waals surface area contributed by atoms with Crippen LogP contribution in [0.15, 0.2) is 29.1 Å². The fraction of sp³-hybridized carbons (Fsp3) is 0.375. The molecule has 112 valence electrons. The van der Waals surface area contributed by atoms with E-state index >= 15 is 0 Å². The van der Waals surface area contributed by atoms with E-state index in [1.807, 2.05) is 20.8 Å². The molecule has 0 amide bonds.